The van der Waals surface area contributed by atoms with Crippen molar-refractivity contribution in [2.24, 2.45) is 0 Å². The molecule has 0 radical (unpaired) electrons. The van der Waals surface area contributed by atoms with Gasteiger partial charge in [-0.05, 0) is 18.6 Å². The van der Waals surface area contributed by atoms with Gasteiger partial charge in [-0.1, -0.05) is 31.9 Å². The molecule has 0 saturated carbocycles. The minimum atomic E-state index is -0.289. The molecule has 1 aromatic rings. The van der Waals surface area contributed by atoms with Crippen molar-refractivity contribution >= 4 is 31.9 Å². The maximum Gasteiger partial charge on any atom is 0.128 e. The third-order valence-corrected chi connectivity index (χ3v) is 2.40. The normalized spacial score (nSPS) is 10.1. The molecule has 0 aliphatic carbocycles. The zero-order chi connectivity index (χ0) is 9.68. The van der Waals surface area contributed by atoms with Crippen LogP contribution in [-0.2, 0) is 0 Å². The van der Waals surface area contributed by atoms with Gasteiger partial charge in [0.15, 0.2) is 0 Å². The van der Waals surface area contributed by atoms with Crippen LogP contribution in [0.3, 0.4) is 0 Å². The lowest BCUT2D eigenvalue weighted by molar-refractivity contribution is 0.317. The minimum Gasteiger partial charge on any atom is -0.493 e. The molecule has 0 saturated heterocycles. The number of halogens is 3. The molecule has 1 nitrogen and oxygen atoms in total. The molecule has 0 aromatic heterocycles. The van der Waals surface area contributed by atoms with Gasteiger partial charge < -0.3 is 4.74 Å². The molecule has 4 heteroatoms. The van der Waals surface area contributed by atoms with Gasteiger partial charge in [0.25, 0.3) is 0 Å². The Morgan fingerprint density at radius 3 is 2.69 bits per heavy atom. The summed E-state index contributed by atoms with van der Waals surface area (Å²) in [5.74, 6) is 0.274. The molecule has 0 heterocycles. The summed E-state index contributed by atoms with van der Waals surface area (Å²) in [7, 11) is 0. The average molecular weight is 312 g/mol. The fourth-order valence-corrected chi connectivity index (χ4v) is 1.53. The average Bonchev–Trinajstić information content (AvgIpc) is 2.03. The van der Waals surface area contributed by atoms with E-state index >= 15 is 0 Å². The summed E-state index contributed by atoms with van der Waals surface area (Å²) in [6.45, 7) is 0.598. The third-order valence-electron chi connectivity index (χ3n) is 1.38. The first-order valence-electron chi connectivity index (χ1n) is 3.87. The van der Waals surface area contributed by atoms with Crippen LogP contribution in [0.15, 0.2) is 22.7 Å². The first-order chi connectivity index (χ1) is 6.22. The molecular weight excluding hydrogens is 303 g/mol. The van der Waals surface area contributed by atoms with E-state index in [-0.39, 0.29) is 5.82 Å². The van der Waals surface area contributed by atoms with E-state index in [1.807, 2.05) is 0 Å². The first-order valence-corrected chi connectivity index (χ1v) is 5.78. The van der Waals surface area contributed by atoms with E-state index in [1.54, 1.807) is 6.07 Å². The van der Waals surface area contributed by atoms with Gasteiger partial charge >= 0.3 is 0 Å². The Bertz CT molecular complexity index is 258. The van der Waals surface area contributed by atoms with Crippen LogP contribution in [0.1, 0.15) is 6.42 Å². The van der Waals surface area contributed by atoms with E-state index in [0.29, 0.717) is 16.8 Å². The Hall–Kier alpha value is -0.0900. The Morgan fingerprint density at radius 1 is 1.31 bits per heavy atom. The lowest BCUT2D eigenvalue weighted by Gasteiger charge is -2.05. The summed E-state index contributed by atoms with van der Waals surface area (Å²) >= 11 is 6.48. The minimum absolute atomic E-state index is 0.289. The molecule has 0 aliphatic heterocycles. The van der Waals surface area contributed by atoms with E-state index < -0.39 is 0 Å². The van der Waals surface area contributed by atoms with Gasteiger partial charge in [-0.2, -0.15) is 0 Å². The molecular formula is C9H9Br2FO. The highest BCUT2D eigenvalue weighted by Crippen LogP contribution is 2.20. The zero-order valence-electron chi connectivity index (χ0n) is 6.90. The van der Waals surface area contributed by atoms with Crippen molar-refractivity contribution in [1.82, 2.24) is 0 Å². The van der Waals surface area contributed by atoms with Gasteiger partial charge in [0.1, 0.15) is 11.6 Å². The van der Waals surface area contributed by atoms with E-state index in [2.05, 4.69) is 31.9 Å². The number of alkyl halides is 1. The van der Waals surface area contributed by atoms with Crippen molar-refractivity contribution < 1.29 is 9.13 Å². The second kappa shape index (κ2) is 5.60. The number of hydrogen-bond acceptors (Lipinski definition) is 1. The number of rotatable bonds is 4. The Morgan fingerprint density at radius 2 is 2.08 bits per heavy atom. The lowest BCUT2D eigenvalue weighted by Crippen LogP contribution is -1.97. The molecule has 0 spiro atoms. The summed E-state index contributed by atoms with van der Waals surface area (Å²) in [4.78, 5) is 0. The number of benzene rings is 1. The summed E-state index contributed by atoms with van der Waals surface area (Å²) in [5.41, 5.74) is 0. The monoisotopic (exact) mass is 310 g/mol. The van der Waals surface area contributed by atoms with E-state index in [1.165, 1.54) is 12.1 Å². The zero-order valence-corrected chi connectivity index (χ0v) is 10.1. The van der Waals surface area contributed by atoms with Crippen LogP contribution in [0.2, 0.25) is 0 Å². The van der Waals surface area contributed by atoms with Crippen LogP contribution in [0.25, 0.3) is 0 Å². The van der Waals surface area contributed by atoms with E-state index in [0.717, 1.165) is 11.8 Å². The predicted molar refractivity (Wildman–Crippen MR) is 58.0 cm³/mol. The maximum absolute atomic E-state index is 12.8. The topological polar surface area (TPSA) is 9.23 Å². The summed E-state index contributed by atoms with van der Waals surface area (Å²) < 4.78 is 18.8. The highest BCUT2D eigenvalue weighted by atomic mass is 79.9. The van der Waals surface area contributed by atoms with Crippen molar-refractivity contribution in [2.75, 3.05) is 11.9 Å². The van der Waals surface area contributed by atoms with Crippen molar-refractivity contribution in [2.45, 2.75) is 6.42 Å². The van der Waals surface area contributed by atoms with Gasteiger partial charge in [0.2, 0.25) is 0 Å². The van der Waals surface area contributed by atoms with Gasteiger partial charge in [0.05, 0.1) is 6.61 Å². The Labute approximate surface area is 93.5 Å². The van der Waals surface area contributed by atoms with Crippen molar-refractivity contribution in [1.29, 1.82) is 0 Å². The third kappa shape index (κ3) is 4.09. The molecule has 1 rings (SSSR count). The quantitative estimate of drug-likeness (QED) is 0.608. The highest BCUT2D eigenvalue weighted by molar-refractivity contribution is 9.10. The molecule has 1 aromatic carbocycles. The van der Waals surface area contributed by atoms with Gasteiger partial charge in [-0.3, -0.25) is 0 Å². The summed E-state index contributed by atoms with van der Waals surface area (Å²) in [6.07, 6.45) is 0.911. The van der Waals surface area contributed by atoms with Crippen molar-refractivity contribution in [3.8, 4) is 5.75 Å². The molecule has 0 fully saturated rings. The molecule has 0 unspecified atom stereocenters. The van der Waals surface area contributed by atoms with Crippen LogP contribution in [0.5, 0.6) is 5.75 Å². The molecule has 0 amide bonds. The second-order valence-electron chi connectivity index (χ2n) is 2.50. The SMILES string of the molecule is Fc1cc(Br)cc(OCCCBr)c1. The van der Waals surface area contributed by atoms with E-state index in [9.17, 15) is 4.39 Å². The fraction of sp³-hybridized carbons (Fsp3) is 0.333. The maximum atomic E-state index is 12.8. The molecule has 0 bridgehead atoms. The molecule has 13 heavy (non-hydrogen) atoms. The Balaban J connectivity index is 2.56. The fourth-order valence-electron chi connectivity index (χ4n) is 0.856. The van der Waals surface area contributed by atoms with Crippen molar-refractivity contribution in [3.05, 3.63) is 28.5 Å². The summed E-state index contributed by atoms with van der Waals surface area (Å²) in [6, 6.07) is 4.52. The predicted octanol–water partition coefficient (Wildman–Crippen LogP) is 3.75. The smallest absolute Gasteiger partial charge is 0.128 e. The standard InChI is InChI=1S/C9H9Br2FO/c10-2-1-3-13-9-5-7(11)4-8(12)6-9/h4-6H,1-3H2. The summed E-state index contributed by atoms with van der Waals surface area (Å²) in [5, 5.41) is 0.892. The van der Waals surface area contributed by atoms with E-state index in [4.69, 9.17) is 4.74 Å². The van der Waals surface area contributed by atoms with Crippen LogP contribution in [0.4, 0.5) is 4.39 Å². The van der Waals surface area contributed by atoms with Crippen LogP contribution < -0.4 is 4.74 Å². The number of hydrogen-bond donors (Lipinski definition) is 0. The number of ether oxygens (including phenoxy) is 1. The first kappa shape index (κ1) is 11.0. The van der Waals surface area contributed by atoms with Gasteiger partial charge in [-0.25, -0.2) is 4.39 Å². The van der Waals surface area contributed by atoms with Crippen LogP contribution in [0, 0.1) is 5.82 Å². The molecule has 0 N–H and O–H groups in total. The molecule has 0 aliphatic rings. The largest absolute Gasteiger partial charge is 0.493 e. The Kier molecular flexibility index (Phi) is 4.73. The lowest BCUT2D eigenvalue weighted by atomic mass is 10.3. The van der Waals surface area contributed by atoms with Gasteiger partial charge in [0, 0.05) is 15.9 Å². The van der Waals surface area contributed by atoms with Gasteiger partial charge in [-0.15, -0.1) is 0 Å². The highest BCUT2D eigenvalue weighted by Gasteiger charge is 1.99. The van der Waals surface area contributed by atoms with Crippen LogP contribution >= 0.6 is 31.9 Å². The van der Waals surface area contributed by atoms with Crippen molar-refractivity contribution in [3.63, 3.8) is 0 Å². The second-order valence-corrected chi connectivity index (χ2v) is 4.20. The molecule has 72 valence electrons. The molecule has 0 atom stereocenters. The van der Waals surface area contributed by atoms with Crippen LogP contribution in [-0.4, -0.2) is 11.9 Å².